The molecule has 0 saturated heterocycles. The van der Waals surface area contributed by atoms with E-state index in [1.165, 1.54) is 12.4 Å². The Morgan fingerprint density at radius 2 is 2.00 bits per heavy atom. The number of aliphatic hydroxyl groups is 1. The van der Waals surface area contributed by atoms with Crippen LogP contribution in [0.25, 0.3) is 0 Å². The SMILES string of the molecule is CNc1ncc(C(=O)N[C@@H](c2cncc(OC)c2)C2CC(O)C2)cn1. The monoisotopic (exact) mass is 343 g/mol. The zero-order chi connectivity index (χ0) is 17.8. The van der Waals surface area contributed by atoms with E-state index in [1.807, 2.05) is 6.07 Å². The summed E-state index contributed by atoms with van der Waals surface area (Å²) in [6, 6.07) is 1.59. The lowest BCUT2D eigenvalue weighted by Gasteiger charge is -2.38. The third-order valence-corrected chi connectivity index (χ3v) is 4.37. The first-order valence-corrected chi connectivity index (χ1v) is 8.08. The molecule has 0 radical (unpaired) electrons. The topological polar surface area (TPSA) is 109 Å². The van der Waals surface area contributed by atoms with Gasteiger partial charge in [0.1, 0.15) is 5.75 Å². The molecule has 132 valence electrons. The van der Waals surface area contributed by atoms with Gasteiger partial charge < -0.3 is 20.5 Å². The second kappa shape index (κ2) is 7.43. The average molecular weight is 343 g/mol. The lowest BCUT2D eigenvalue weighted by molar-refractivity contribution is 0.0234. The summed E-state index contributed by atoms with van der Waals surface area (Å²) >= 11 is 0. The normalized spacial score (nSPS) is 20.3. The van der Waals surface area contributed by atoms with Crippen molar-refractivity contribution in [2.45, 2.75) is 25.0 Å². The molecule has 0 aliphatic heterocycles. The summed E-state index contributed by atoms with van der Waals surface area (Å²) in [6.45, 7) is 0. The molecule has 25 heavy (non-hydrogen) atoms. The number of carbonyl (C=O) groups is 1. The molecule has 8 heteroatoms. The molecule has 1 amide bonds. The Kier molecular flexibility index (Phi) is 5.08. The first-order valence-electron chi connectivity index (χ1n) is 8.08. The number of nitrogens with zero attached hydrogens (tertiary/aromatic N) is 3. The molecule has 1 saturated carbocycles. The van der Waals surface area contributed by atoms with Gasteiger partial charge in [-0.15, -0.1) is 0 Å². The van der Waals surface area contributed by atoms with Crippen molar-refractivity contribution in [1.29, 1.82) is 0 Å². The largest absolute Gasteiger partial charge is 0.495 e. The highest BCUT2D eigenvalue weighted by Crippen LogP contribution is 2.38. The van der Waals surface area contributed by atoms with Crippen molar-refractivity contribution in [3.8, 4) is 5.75 Å². The van der Waals surface area contributed by atoms with E-state index in [9.17, 15) is 9.90 Å². The van der Waals surface area contributed by atoms with Gasteiger partial charge in [-0.25, -0.2) is 9.97 Å². The van der Waals surface area contributed by atoms with E-state index >= 15 is 0 Å². The Hall–Kier alpha value is -2.74. The van der Waals surface area contributed by atoms with E-state index in [-0.39, 0.29) is 24.0 Å². The van der Waals surface area contributed by atoms with Gasteiger partial charge in [-0.2, -0.15) is 0 Å². The van der Waals surface area contributed by atoms with Gasteiger partial charge in [-0.1, -0.05) is 0 Å². The Morgan fingerprint density at radius 3 is 2.60 bits per heavy atom. The zero-order valence-electron chi connectivity index (χ0n) is 14.1. The second-order valence-electron chi connectivity index (χ2n) is 6.04. The minimum atomic E-state index is -0.318. The van der Waals surface area contributed by atoms with Crippen LogP contribution >= 0.6 is 0 Å². The molecule has 2 heterocycles. The van der Waals surface area contributed by atoms with Gasteiger partial charge in [0.05, 0.1) is 31.0 Å². The van der Waals surface area contributed by atoms with Crippen LogP contribution in [0.3, 0.4) is 0 Å². The highest BCUT2D eigenvalue weighted by atomic mass is 16.5. The Bertz CT molecular complexity index is 731. The summed E-state index contributed by atoms with van der Waals surface area (Å²) in [7, 11) is 3.28. The fourth-order valence-corrected chi connectivity index (χ4v) is 2.89. The van der Waals surface area contributed by atoms with Crippen molar-refractivity contribution < 1.29 is 14.6 Å². The predicted molar refractivity (Wildman–Crippen MR) is 91.3 cm³/mol. The van der Waals surface area contributed by atoms with Crippen molar-refractivity contribution in [2.75, 3.05) is 19.5 Å². The molecule has 1 aliphatic rings. The predicted octanol–water partition coefficient (Wildman–Crippen LogP) is 1.16. The van der Waals surface area contributed by atoms with Gasteiger partial charge >= 0.3 is 0 Å². The van der Waals surface area contributed by atoms with Crippen LogP contribution in [0.1, 0.15) is 34.8 Å². The molecule has 3 rings (SSSR count). The van der Waals surface area contributed by atoms with Crippen LogP contribution < -0.4 is 15.4 Å². The maximum absolute atomic E-state index is 12.6. The first kappa shape index (κ1) is 17.1. The number of amides is 1. The third kappa shape index (κ3) is 3.85. The maximum Gasteiger partial charge on any atom is 0.254 e. The number of hydrogen-bond donors (Lipinski definition) is 3. The van der Waals surface area contributed by atoms with E-state index in [0.29, 0.717) is 30.1 Å². The number of carbonyl (C=O) groups excluding carboxylic acids is 1. The van der Waals surface area contributed by atoms with E-state index < -0.39 is 0 Å². The lowest BCUT2D eigenvalue weighted by Crippen LogP contribution is -2.41. The highest BCUT2D eigenvalue weighted by molar-refractivity contribution is 5.94. The van der Waals surface area contributed by atoms with Gasteiger partial charge in [0, 0.05) is 25.6 Å². The summed E-state index contributed by atoms with van der Waals surface area (Å²) in [6.07, 6.45) is 7.23. The zero-order valence-corrected chi connectivity index (χ0v) is 14.1. The second-order valence-corrected chi connectivity index (χ2v) is 6.04. The number of pyridine rings is 1. The molecule has 0 spiro atoms. The summed E-state index contributed by atoms with van der Waals surface area (Å²) in [5, 5.41) is 15.5. The van der Waals surface area contributed by atoms with Crippen LogP contribution in [0.5, 0.6) is 5.75 Å². The van der Waals surface area contributed by atoms with Crippen LogP contribution in [0.2, 0.25) is 0 Å². The van der Waals surface area contributed by atoms with Crippen molar-refractivity contribution >= 4 is 11.9 Å². The van der Waals surface area contributed by atoms with E-state index in [1.54, 1.807) is 26.6 Å². The number of ether oxygens (including phenoxy) is 1. The Labute approximate surface area is 145 Å². The maximum atomic E-state index is 12.6. The molecule has 0 bridgehead atoms. The molecule has 0 unspecified atom stereocenters. The third-order valence-electron chi connectivity index (χ3n) is 4.37. The summed E-state index contributed by atoms with van der Waals surface area (Å²) in [4.78, 5) is 24.9. The van der Waals surface area contributed by atoms with Crippen LogP contribution in [0, 0.1) is 5.92 Å². The molecule has 2 aromatic heterocycles. The molecule has 8 nitrogen and oxygen atoms in total. The smallest absolute Gasteiger partial charge is 0.254 e. The van der Waals surface area contributed by atoms with Gasteiger partial charge in [0.2, 0.25) is 5.95 Å². The van der Waals surface area contributed by atoms with Crippen molar-refractivity contribution in [1.82, 2.24) is 20.3 Å². The van der Waals surface area contributed by atoms with Crippen LogP contribution in [-0.2, 0) is 0 Å². The van der Waals surface area contributed by atoms with Crippen LogP contribution in [0.4, 0.5) is 5.95 Å². The number of rotatable bonds is 6. The van der Waals surface area contributed by atoms with Crippen molar-refractivity contribution in [2.24, 2.45) is 5.92 Å². The molecule has 1 aliphatic carbocycles. The van der Waals surface area contributed by atoms with E-state index in [0.717, 1.165) is 5.56 Å². The Balaban J connectivity index is 1.80. The molecular weight excluding hydrogens is 322 g/mol. The van der Waals surface area contributed by atoms with E-state index in [2.05, 4.69) is 25.6 Å². The van der Waals surface area contributed by atoms with E-state index in [4.69, 9.17) is 4.74 Å². The van der Waals surface area contributed by atoms with Gasteiger partial charge in [0.15, 0.2) is 0 Å². The van der Waals surface area contributed by atoms with Crippen LogP contribution in [-0.4, -0.2) is 46.2 Å². The molecular formula is C17H21N5O3. The fraction of sp³-hybridized carbons (Fsp3) is 0.412. The fourth-order valence-electron chi connectivity index (χ4n) is 2.89. The van der Waals surface area contributed by atoms with Gasteiger partial charge in [-0.05, 0) is 30.4 Å². The minimum Gasteiger partial charge on any atom is -0.495 e. The number of aromatic nitrogens is 3. The summed E-state index contributed by atoms with van der Waals surface area (Å²) < 4.78 is 5.22. The number of anilines is 1. The number of methoxy groups -OCH3 is 1. The van der Waals surface area contributed by atoms with Crippen molar-refractivity contribution in [3.05, 3.63) is 42.0 Å². The van der Waals surface area contributed by atoms with Crippen LogP contribution in [0.15, 0.2) is 30.9 Å². The number of hydrogen-bond acceptors (Lipinski definition) is 7. The minimum absolute atomic E-state index is 0.144. The summed E-state index contributed by atoms with van der Waals surface area (Å²) in [5.74, 6) is 0.952. The molecule has 1 atom stereocenters. The number of aliphatic hydroxyl groups excluding tert-OH is 1. The number of nitrogens with one attached hydrogen (secondary N) is 2. The van der Waals surface area contributed by atoms with Gasteiger partial charge in [-0.3, -0.25) is 9.78 Å². The molecule has 3 N–H and O–H groups in total. The highest BCUT2D eigenvalue weighted by Gasteiger charge is 2.36. The quantitative estimate of drug-likeness (QED) is 0.722. The first-order chi connectivity index (χ1) is 12.1. The van der Waals surface area contributed by atoms with Crippen molar-refractivity contribution in [3.63, 3.8) is 0 Å². The lowest BCUT2D eigenvalue weighted by atomic mass is 9.75. The standard InChI is InChI=1S/C17H21N5O3/c1-18-17-20-7-12(8-21-17)16(24)22-15(10-3-13(23)4-10)11-5-14(25-2)9-19-6-11/h5-10,13,15,23H,3-4H2,1-2H3,(H,22,24)(H,18,20,21)/t10?,13?,15-/m1/s1. The van der Waals surface area contributed by atoms with Gasteiger partial charge in [0.25, 0.3) is 5.91 Å². The molecule has 2 aromatic rings. The Morgan fingerprint density at radius 1 is 1.28 bits per heavy atom. The molecule has 0 aromatic carbocycles. The average Bonchev–Trinajstić information content (AvgIpc) is 2.63. The summed E-state index contributed by atoms with van der Waals surface area (Å²) in [5.41, 5.74) is 1.22. The molecule has 1 fully saturated rings.